The summed E-state index contributed by atoms with van der Waals surface area (Å²) in [6, 6.07) is 6.45. The van der Waals surface area contributed by atoms with E-state index < -0.39 is 0 Å². The van der Waals surface area contributed by atoms with Crippen LogP contribution in [0.1, 0.15) is 31.2 Å². The molecule has 1 saturated carbocycles. The van der Waals surface area contributed by atoms with E-state index in [1.165, 1.54) is 6.07 Å². The minimum atomic E-state index is -0.298. The Kier molecular flexibility index (Phi) is 4.41. The van der Waals surface area contributed by atoms with Gasteiger partial charge in [0.25, 0.3) is 0 Å². The van der Waals surface area contributed by atoms with Crippen molar-refractivity contribution in [2.45, 2.75) is 32.2 Å². The lowest BCUT2D eigenvalue weighted by atomic mass is 9.95. The van der Waals surface area contributed by atoms with Crippen molar-refractivity contribution in [2.75, 3.05) is 13.1 Å². The van der Waals surface area contributed by atoms with Crippen LogP contribution >= 0.6 is 0 Å². The van der Waals surface area contributed by atoms with Crippen molar-refractivity contribution in [1.29, 1.82) is 0 Å². The maximum Gasteiger partial charge on any atom is 0.225 e. The summed E-state index contributed by atoms with van der Waals surface area (Å²) in [5, 5.41) is 2.81. The molecule has 0 spiro atoms. The van der Waals surface area contributed by atoms with E-state index >= 15 is 0 Å². The summed E-state index contributed by atoms with van der Waals surface area (Å²) in [6.45, 7) is 1.53. The van der Waals surface area contributed by atoms with E-state index in [-0.39, 0.29) is 36.0 Å². The Balaban J connectivity index is 1.45. The van der Waals surface area contributed by atoms with Gasteiger partial charge in [0.2, 0.25) is 11.8 Å². The monoisotopic (exact) mass is 304 g/mol. The van der Waals surface area contributed by atoms with E-state index in [9.17, 15) is 14.0 Å². The molecular weight excluding hydrogens is 283 g/mol. The van der Waals surface area contributed by atoms with E-state index in [1.54, 1.807) is 18.2 Å². The highest BCUT2D eigenvalue weighted by Crippen LogP contribution is 2.32. The summed E-state index contributed by atoms with van der Waals surface area (Å²) in [6.07, 6.45) is 3.42. The van der Waals surface area contributed by atoms with Crippen LogP contribution in [-0.2, 0) is 16.1 Å². The molecule has 22 heavy (non-hydrogen) atoms. The third-order valence-electron chi connectivity index (χ3n) is 4.51. The molecule has 118 valence electrons. The van der Waals surface area contributed by atoms with Crippen molar-refractivity contribution >= 4 is 11.8 Å². The number of hydrogen-bond acceptors (Lipinski definition) is 2. The van der Waals surface area contributed by atoms with Gasteiger partial charge in [-0.05, 0) is 31.7 Å². The van der Waals surface area contributed by atoms with Crippen molar-refractivity contribution in [1.82, 2.24) is 10.2 Å². The summed E-state index contributed by atoms with van der Waals surface area (Å²) in [7, 11) is 0. The largest absolute Gasteiger partial charge is 0.352 e. The quantitative estimate of drug-likeness (QED) is 0.926. The first kappa shape index (κ1) is 15.0. The van der Waals surface area contributed by atoms with E-state index in [1.807, 2.05) is 4.90 Å². The fourth-order valence-electron chi connectivity index (χ4n) is 2.92. The van der Waals surface area contributed by atoms with Gasteiger partial charge in [-0.25, -0.2) is 4.39 Å². The molecule has 0 aromatic heterocycles. The molecular formula is C17H21FN2O2. The zero-order valence-electron chi connectivity index (χ0n) is 12.6. The minimum Gasteiger partial charge on any atom is -0.352 e. The Morgan fingerprint density at radius 1 is 1.09 bits per heavy atom. The Hall–Kier alpha value is -1.91. The predicted octanol–water partition coefficient (Wildman–Crippen LogP) is 2.09. The molecule has 2 amide bonds. The molecule has 4 nitrogen and oxygen atoms in total. The van der Waals surface area contributed by atoms with E-state index in [2.05, 4.69) is 5.32 Å². The summed E-state index contributed by atoms with van der Waals surface area (Å²) < 4.78 is 13.5. The lowest BCUT2D eigenvalue weighted by Crippen LogP contribution is -2.43. The Morgan fingerprint density at radius 3 is 2.41 bits per heavy atom. The average Bonchev–Trinajstić information content (AvgIpc) is 3.38. The second-order valence-electron chi connectivity index (χ2n) is 6.18. The third kappa shape index (κ3) is 3.46. The summed E-state index contributed by atoms with van der Waals surface area (Å²) >= 11 is 0. The molecule has 0 radical (unpaired) electrons. The van der Waals surface area contributed by atoms with Crippen LogP contribution in [0, 0.1) is 17.7 Å². The van der Waals surface area contributed by atoms with Gasteiger partial charge < -0.3 is 10.2 Å². The number of amides is 2. The molecule has 0 unspecified atom stereocenters. The molecule has 1 aliphatic carbocycles. The van der Waals surface area contributed by atoms with Crippen LogP contribution in [0.5, 0.6) is 0 Å². The Morgan fingerprint density at radius 2 is 1.77 bits per heavy atom. The number of likely N-dealkylation sites (tertiary alicyclic amines) is 1. The van der Waals surface area contributed by atoms with Crippen molar-refractivity contribution in [3.63, 3.8) is 0 Å². The number of carbonyl (C=O) groups excluding carboxylic acids is 2. The third-order valence-corrected chi connectivity index (χ3v) is 4.51. The van der Waals surface area contributed by atoms with E-state index in [4.69, 9.17) is 0 Å². The summed E-state index contributed by atoms with van der Waals surface area (Å²) in [4.78, 5) is 26.0. The van der Waals surface area contributed by atoms with Gasteiger partial charge in [0.15, 0.2) is 0 Å². The molecule has 5 heteroatoms. The first-order valence-corrected chi connectivity index (χ1v) is 7.95. The highest BCUT2D eigenvalue weighted by Gasteiger charge is 2.35. The first-order valence-electron chi connectivity index (χ1n) is 7.95. The zero-order chi connectivity index (χ0) is 15.5. The van der Waals surface area contributed by atoms with Gasteiger partial charge in [0.05, 0.1) is 0 Å². The molecule has 2 fully saturated rings. The number of piperidine rings is 1. The number of halogens is 1. The maximum atomic E-state index is 13.5. The molecule has 0 bridgehead atoms. The van der Waals surface area contributed by atoms with Crippen LogP contribution in [0.3, 0.4) is 0 Å². The molecule has 1 heterocycles. The minimum absolute atomic E-state index is 0.0400. The second kappa shape index (κ2) is 6.46. The normalized spacial score (nSPS) is 19.0. The molecule has 1 saturated heterocycles. The predicted molar refractivity (Wildman–Crippen MR) is 80.3 cm³/mol. The first-order chi connectivity index (χ1) is 10.6. The number of hydrogen-bond donors (Lipinski definition) is 1. The standard InChI is InChI=1S/C17H21FN2O2/c18-15-4-2-1-3-14(15)11-19-16(21)12-7-9-20(10-8-12)17(22)13-5-6-13/h1-4,12-13H,5-11H2,(H,19,21). The molecule has 1 N–H and O–H groups in total. The van der Waals surface area contributed by atoms with Gasteiger partial charge in [-0.2, -0.15) is 0 Å². The van der Waals surface area contributed by atoms with Crippen molar-refractivity contribution < 1.29 is 14.0 Å². The zero-order valence-corrected chi connectivity index (χ0v) is 12.6. The fraction of sp³-hybridized carbons (Fsp3) is 0.529. The topological polar surface area (TPSA) is 49.4 Å². The SMILES string of the molecule is O=C(NCc1ccccc1F)C1CCN(C(=O)C2CC2)CC1. The summed E-state index contributed by atoms with van der Waals surface area (Å²) in [5.74, 6) is 0.0843. The van der Waals surface area contributed by atoms with Gasteiger partial charge in [0.1, 0.15) is 5.82 Å². The van der Waals surface area contributed by atoms with Crippen LogP contribution in [0.2, 0.25) is 0 Å². The van der Waals surface area contributed by atoms with Crippen molar-refractivity contribution in [3.05, 3.63) is 35.6 Å². The number of benzene rings is 1. The van der Waals surface area contributed by atoms with Crippen LogP contribution in [0.25, 0.3) is 0 Å². The van der Waals surface area contributed by atoms with Gasteiger partial charge in [0, 0.05) is 37.0 Å². The van der Waals surface area contributed by atoms with Gasteiger partial charge in [-0.15, -0.1) is 0 Å². The van der Waals surface area contributed by atoms with Crippen molar-refractivity contribution in [3.8, 4) is 0 Å². The average molecular weight is 304 g/mol. The van der Waals surface area contributed by atoms with Crippen LogP contribution in [-0.4, -0.2) is 29.8 Å². The van der Waals surface area contributed by atoms with Crippen LogP contribution < -0.4 is 5.32 Å². The fourth-order valence-corrected chi connectivity index (χ4v) is 2.92. The molecule has 1 aromatic carbocycles. The lowest BCUT2D eigenvalue weighted by molar-refractivity contribution is -0.136. The smallest absolute Gasteiger partial charge is 0.225 e. The summed E-state index contributed by atoms with van der Waals surface area (Å²) in [5.41, 5.74) is 0.497. The van der Waals surface area contributed by atoms with Gasteiger partial charge >= 0.3 is 0 Å². The molecule has 2 aliphatic rings. The van der Waals surface area contributed by atoms with Gasteiger partial charge in [-0.3, -0.25) is 9.59 Å². The second-order valence-corrected chi connectivity index (χ2v) is 6.18. The molecule has 1 aromatic rings. The Bertz CT molecular complexity index is 564. The van der Waals surface area contributed by atoms with Crippen molar-refractivity contribution in [2.24, 2.45) is 11.8 Å². The molecule has 0 atom stereocenters. The molecule has 1 aliphatic heterocycles. The number of nitrogens with one attached hydrogen (secondary N) is 1. The van der Waals surface area contributed by atoms with E-state index in [0.29, 0.717) is 31.5 Å². The van der Waals surface area contributed by atoms with Gasteiger partial charge in [-0.1, -0.05) is 18.2 Å². The number of rotatable bonds is 4. The highest BCUT2D eigenvalue weighted by molar-refractivity contribution is 5.82. The number of carbonyl (C=O) groups is 2. The Labute approximate surface area is 129 Å². The highest BCUT2D eigenvalue weighted by atomic mass is 19.1. The van der Waals surface area contributed by atoms with Crippen LogP contribution in [0.4, 0.5) is 4.39 Å². The lowest BCUT2D eigenvalue weighted by Gasteiger charge is -2.31. The maximum absolute atomic E-state index is 13.5. The number of nitrogens with zero attached hydrogens (tertiary/aromatic N) is 1. The molecule has 3 rings (SSSR count). The van der Waals surface area contributed by atoms with Crippen LogP contribution in [0.15, 0.2) is 24.3 Å². The van der Waals surface area contributed by atoms with E-state index in [0.717, 1.165) is 12.8 Å².